The van der Waals surface area contributed by atoms with Gasteiger partial charge < -0.3 is 15.4 Å². The minimum Gasteiger partial charge on any atom is -0.440 e. The fraction of sp³-hybridized carbons (Fsp3) is 0. The van der Waals surface area contributed by atoms with E-state index in [1.165, 1.54) is 18.7 Å². The molecule has 0 unspecified atom stereocenters. The summed E-state index contributed by atoms with van der Waals surface area (Å²) in [4.78, 5) is 8.00. The lowest BCUT2D eigenvalue weighted by atomic mass is 10.2. The van der Waals surface area contributed by atoms with E-state index < -0.39 is 0 Å². The van der Waals surface area contributed by atoms with E-state index in [-0.39, 0.29) is 10.9 Å². The average Bonchev–Trinajstić information content (AvgIpc) is 2.84. The Balaban J connectivity index is 2.36. The fourth-order valence-electron chi connectivity index (χ4n) is 1.09. The second-order valence-corrected chi connectivity index (χ2v) is 4.18. The van der Waals surface area contributed by atoms with Crippen molar-refractivity contribution < 1.29 is 9.62 Å². The summed E-state index contributed by atoms with van der Waals surface area (Å²) in [5.41, 5.74) is 5.88. The maximum atomic E-state index is 8.61. The molecule has 2 aromatic heterocycles. The normalized spacial score (nSPS) is 11.7. The van der Waals surface area contributed by atoms with E-state index in [2.05, 4.69) is 15.1 Å². The van der Waals surface area contributed by atoms with Gasteiger partial charge in [-0.05, 0) is 17.8 Å². The molecule has 3 N–H and O–H groups in total. The minimum absolute atomic E-state index is 0.0772. The number of hydrogen-bond acceptors (Lipinski definition) is 6. The predicted octanol–water partition coefficient (Wildman–Crippen LogP) is 1.97. The summed E-state index contributed by atoms with van der Waals surface area (Å²) in [6.45, 7) is 0. The van der Waals surface area contributed by atoms with Crippen molar-refractivity contribution >= 4 is 29.2 Å². The van der Waals surface area contributed by atoms with Crippen molar-refractivity contribution in [2.45, 2.75) is 10.2 Å². The lowest BCUT2D eigenvalue weighted by molar-refractivity contribution is 0.318. The SMILES string of the molecule is N/C(=N/O)c1ccnc(Sc2ncco2)c1Cl. The van der Waals surface area contributed by atoms with E-state index in [9.17, 15) is 0 Å². The van der Waals surface area contributed by atoms with Gasteiger partial charge in [0.15, 0.2) is 5.84 Å². The third-order valence-electron chi connectivity index (χ3n) is 1.83. The smallest absolute Gasteiger partial charge is 0.262 e. The molecule has 0 radical (unpaired) electrons. The van der Waals surface area contributed by atoms with E-state index >= 15 is 0 Å². The molecule has 0 aliphatic heterocycles. The third-order valence-corrected chi connectivity index (χ3v) is 3.21. The molecule has 0 atom stereocenters. The molecule has 2 aromatic rings. The number of amidine groups is 1. The zero-order valence-corrected chi connectivity index (χ0v) is 9.94. The average molecular weight is 271 g/mol. The van der Waals surface area contributed by atoms with Crippen molar-refractivity contribution in [3.05, 3.63) is 35.3 Å². The summed E-state index contributed by atoms with van der Waals surface area (Å²) < 4.78 is 5.06. The molecule has 17 heavy (non-hydrogen) atoms. The summed E-state index contributed by atoms with van der Waals surface area (Å²) >= 11 is 7.22. The van der Waals surface area contributed by atoms with Crippen molar-refractivity contribution in [1.29, 1.82) is 0 Å². The third kappa shape index (κ3) is 2.51. The molecule has 0 aromatic carbocycles. The van der Waals surface area contributed by atoms with Crippen LogP contribution in [-0.2, 0) is 0 Å². The van der Waals surface area contributed by atoms with Crippen LogP contribution in [0.25, 0.3) is 0 Å². The quantitative estimate of drug-likeness (QED) is 0.383. The number of oxime groups is 1. The predicted molar refractivity (Wildman–Crippen MR) is 62.4 cm³/mol. The van der Waals surface area contributed by atoms with Crippen LogP contribution >= 0.6 is 23.4 Å². The van der Waals surface area contributed by atoms with Gasteiger partial charge in [0.25, 0.3) is 5.22 Å². The van der Waals surface area contributed by atoms with Crippen LogP contribution in [-0.4, -0.2) is 21.0 Å². The molecule has 0 amide bonds. The van der Waals surface area contributed by atoms with Crippen LogP contribution in [0.1, 0.15) is 5.56 Å². The first-order valence-electron chi connectivity index (χ1n) is 4.42. The standard InChI is InChI=1S/C9H7ClN4O2S/c10-6-5(7(11)14-15)1-2-12-8(6)17-9-13-3-4-16-9/h1-4,15H,(H2,11,14). The Hall–Kier alpha value is -1.73. The molecule has 2 heterocycles. The van der Waals surface area contributed by atoms with Gasteiger partial charge in [-0.2, -0.15) is 0 Å². The number of hydrogen-bond donors (Lipinski definition) is 2. The van der Waals surface area contributed by atoms with Crippen molar-refractivity contribution in [3.8, 4) is 0 Å². The lowest BCUT2D eigenvalue weighted by Gasteiger charge is -2.04. The van der Waals surface area contributed by atoms with Crippen LogP contribution < -0.4 is 5.73 Å². The zero-order valence-electron chi connectivity index (χ0n) is 8.37. The molecule has 0 spiro atoms. The Morgan fingerprint density at radius 1 is 1.47 bits per heavy atom. The van der Waals surface area contributed by atoms with Crippen molar-refractivity contribution in [3.63, 3.8) is 0 Å². The first kappa shape index (κ1) is 11.7. The van der Waals surface area contributed by atoms with Gasteiger partial charge >= 0.3 is 0 Å². The van der Waals surface area contributed by atoms with Crippen LogP contribution in [0.4, 0.5) is 0 Å². The highest BCUT2D eigenvalue weighted by atomic mass is 35.5. The van der Waals surface area contributed by atoms with Gasteiger partial charge in [0.2, 0.25) is 0 Å². The monoisotopic (exact) mass is 270 g/mol. The van der Waals surface area contributed by atoms with Crippen LogP contribution in [0.5, 0.6) is 0 Å². The van der Waals surface area contributed by atoms with Gasteiger partial charge in [-0.25, -0.2) is 9.97 Å². The summed E-state index contributed by atoms with van der Waals surface area (Å²) in [7, 11) is 0. The van der Waals surface area contributed by atoms with E-state index in [1.807, 2.05) is 0 Å². The van der Waals surface area contributed by atoms with Gasteiger partial charge in [0, 0.05) is 11.8 Å². The summed E-state index contributed by atoms with van der Waals surface area (Å²) in [6, 6.07) is 1.55. The molecule has 8 heteroatoms. The molecule has 0 saturated carbocycles. The Bertz CT molecular complexity index is 544. The molecule has 2 rings (SSSR count). The van der Waals surface area contributed by atoms with Gasteiger partial charge in [-0.3, -0.25) is 0 Å². The molecule has 88 valence electrons. The molecule has 0 aliphatic carbocycles. The number of aromatic nitrogens is 2. The maximum absolute atomic E-state index is 8.61. The number of rotatable bonds is 3. The van der Waals surface area contributed by atoms with Crippen molar-refractivity contribution in [2.24, 2.45) is 10.9 Å². The van der Waals surface area contributed by atoms with E-state index in [0.29, 0.717) is 15.8 Å². The van der Waals surface area contributed by atoms with Crippen LogP contribution in [0, 0.1) is 0 Å². The molecule has 6 nitrogen and oxygen atoms in total. The zero-order chi connectivity index (χ0) is 12.3. The molecule has 0 aliphatic rings. The lowest BCUT2D eigenvalue weighted by Crippen LogP contribution is -2.14. The van der Waals surface area contributed by atoms with Crippen LogP contribution in [0.3, 0.4) is 0 Å². The molecule has 0 fully saturated rings. The van der Waals surface area contributed by atoms with E-state index in [1.54, 1.807) is 6.07 Å². The fourth-order valence-corrected chi connectivity index (χ4v) is 2.11. The van der Waals surface area contributed by atoms with Gasteiger partial charge in [-0.1, -0.05) is 16.8 Å². The number of pyridine rings is 1. The first-order valence-corrected chi connectivity index (χ1v) is 5.61. The molecular formula is C9H7ClN4O2S. The van der Waals surface area contributed by atoms with Crippen molar-refractivity contribution in [1.82, 2.24) is 9.97 Å². The topological polar surface area (TPSA) is 97.5 Å². The number of nitrogens with zero attached hydrogens (tertiary/aromatic N) is 3. The van der Waals surface area contributed by atoms with E-state index in [4.69, 9.17) is 27.0 Å². The Morgan fingerprint density at radius 3 is 2.94 bits per heavy atom. The van der Waals surface area contributed by atoms with E-state index in [0.717, 1.165) is 11.8 Å². The Kier molecular flexibility index (Phi) is 3.50. The second-order valence-electron chi connectivity index (χ2n) is 2.86. The highest BCUT2D eigenvalue weighted by Crippen LogP contribution is 2.32. The number of nitrogens with two attached hydrogens (primary N) is 1. The second kappa shape index (κ2) is 5.07. The first-order chi connectivity index (χ1) is 8.22. The highest BCUT2D eigenvalue weighted by molar-refractivity contribution is 7.99. The molecule has 0 saturated heterocycles. The maximum Gasteiger partial charge on any atom is 0.262 e. The van der Waals surface area contributed by atoms with Gasteiger partial charge in [0.1, 0.15) is 11.3 Å². The Morgan fingerprint density at radius 2 is 2.29 bits per heavy atom. The van der Waals surface area contributed by atoms with Crippen molar-refractivity contribution in [2.75, 3.05) is 0 Å². The molecule has 0 bridgehead atoms. The Labute approximate surface area is 105 Å². The number of halogens is 1. The minimum atomic E-state index is -0.0772. The van der Waals surface area contributed by atoms with Crippen LogP contribution in [0.15, 0.2) is 44.5 Å². The van der Waals surface area contributed by atoms with Gasteiger partial charge in [-0.15, -0.1) is 0 Å². The highest BCUT2D eigenvalue weighted by Gasteiger charge is 2.13. The van der Waals surface area contributed by atoms with Crippen LogP contribution in [0.2, 0.25) is 5.02 Å². The summed E-state index contributed by atoms with van der Waals surface area (Å²) in [5.74, 6) is -0.0772. The largest absolute Gasteiger partial charge is 0.440 e. The molecular weight excluding hydrogens is 264 g/mol. The van der Waals surface area contributed by atoms with Gasteiger partial charge in [0.05, 0.1) is 11.2 Å². The summed E-state index contributed by atoms with van der Waals surface area (Å²) in [6.07, 6.45) is 4.47. The summed E-state index contributed by atoms with van der Waals surface area (Å²) in [5, 5.41) is 12.7. The number of oxazole rings is 1.